The SMILES string of the molecule is CNc1ccc(Nc2ncc3cccc(C)c3n2)cc1. The van der Waals surface area contributed by atoms with Crippen molar-refractivity contribution in [2.45, 2.75) is 6.92 Å². The first-order valence-corrected chi connectivity index (χ1v) is 6.53. The van der Waals surface area contributed by atoms with Gasteiger partial charge in [-0.3, -0.25) is 0 Å². The Kier molecular flexibility index (Phi) is 3.21. The summed E-state index contributed by atoms with van der Waals surface area (Å²) in [5.74, 6) is 0.615. The van der Waals surface area contributed by atoms with E-state index in [4.69, 9.17) is 0 Å². The number of para-hydroxylation sites is 1. The molecule has 2 N–H and O–H groups in total. The van der Waals surface area contributed by atoms with Crippen molar-refractivity contribution < 1.29 is 0 Å². The summed E-state index contributed by atoms with van der Waals surface area (Å²) in [6.07, 6.45) is 1.85. The van der Waals surface area contributed by atoms with E-state index in [0.717, 1.165) is 27.8 Å². The van der Waals surface area contributed by atoms with Crippen molar-refractivity contribution >= 4 is 28.2 Å². The van der Waals surface area contributed by atoms with Gasteiger partial charge >= 0.3 is 0 Å². The van der Waals surface area contributed by atoms with E-state index in [1.54, 1.807) is 0 Å². The van der Waals surface area contributed by atoms with Crippen LogP contribution in [0.2, 0.25) is 0 Å². The molecule has 0 radical (unpaired) electrons. The zero-order chi connectivity index (χ0) is 13.9. The van der Waals surface area contributed by atoms with Gasteiger partial charge in [0.25, 0.3) is 0 Å². The predicted octanol–water partition coefficient (Wildman–Crippen LogP) is 3.72. The fourth-order valence-corrected chi connectivity index (χ4v) is 2.11. The molecule has 1 heterocycles. The fraction of sp³-hybridized carbons (Fsp3) is 0.125. The van der Waals surface area contributed by atoms with Gasteiger partial charge in [-0.05, 0) is 36.8 Å². The number of rotatable bonds is 3. The number of aryl methyl sites for hydroxylation is 1. The molecule has 3 aromatic rings. The fourth-order valence-electron chi connectivity index (χ4n) is 2.11. The average molecular weight is 264 g/mol. The third-order valence-corrected chi connectivity index (χ3v) is 3.24. The van der Waals surface area contributed by atoms with E-state index in [2.05, 4.69) is 33.6 Å². The molecular weight excluding hydrogens is 248 g/mol. The van der Waals surface area contributed by atoms with Crippen LogP contribution in [-0.4, -0.2) is 17.0 Å². The van der Waals surface area contributed by atoms with Gasteiger partial charge < -0.3 is 10.6 Å². The lowest BCUT2D eigenvalue weighted by molar-refractivity contribution is 1.20. The Balaban J connectivity index is 1.92. The summed E-state index contributed by atoms with van der Waals surface area (Å²) in [5, 5.41) is 7.37. The Hall–Kier alpha value is -2.62. The maximum Gasteiger partial charge on any atom is 0.227 e. The number of hydrogen-bond acceptors (Lipinski definition) is 4. The molecule has 1 aromatic heterocycles. The van der Waals surface area contributed by atoms with Crippen LogP contribution in [0, 0.1) is 6.92 Å². The summed E-state index contributed by atoms with van der Waals surface area (Å²) in [6.45, 7) is 2.06. The molecule has 4 nitrogen and oxygen atoms in total. The molecular formula is C16H16N4. The van der Waals surface area contributed by atoms with Crippen molar-refractivity contribution in [2.75, 3.05) is 17.7 Å². The number of nitrogens with one attached hydrogen (secondary N) is 2. The Bertz CT molecular complexity index is 735. The molecule has 0 saturated carbocycles. The van der Waals surface area contributed by atoms with Crippen LogP contribution >= 0.6 is 0 Å². The first kappa shape index (κ1) is 12.4. The quantitative estimate of drug-likeness (QED) is 0.757. The Labute approximate surface area is 117 Å². The van der Waals surface area contributed by atoms with E-state index < -0.39 is 0 Å². The van der Waals surface area contributed by atoms with Gasteiger partial charge in [0.15, 0.2) is 0 Å². The highest BCUT2D eigenvalue weighted by atomic mass is 15.1. The molecule has 0 saturated heterocycles. The highest BCUT2D eigenvalue weighted by Crippen LogP contribution is 2.20. The number of aromatic nitrogens is 2. The van der Waals surface area contributed by atoms with Gasteiger partial charge in [0.05, 0.1) is 5.52 Å². The van der Waals surface area contributed by atoms with Crippen molar-refractivity contribution in [1.82, 2.24) is 9.97 Å². The minimum Gasteiger partial charge on any atom is -0.388 e. The third-order valence-electron chi connectivity index (χ3n) is 3.24. The molecule has 2 aromatic carbocycles. The minimum absolute atomic E-state index is 0.615. The summed E-state index contributed by atoms with van der Waals surface area (Å²) in [6, 6.07) is 14.1. The second-order valence-electron chi connectivity index (χ2n) is 4.66. The maximum atomic E-state index is 4.57. The normalized spacial score (nSPS) is 10.5. The van der Waals surface area contributed by atoms with Gasteiger partial charge in [-0.15, -0.1) is 0 Å². The van der Waals surface area contributed by atoms with E-state index in [1.165, 1.54) is 0 Å². The number of anilines is 3. The van der Waals surface area contributed by atoms with Crippen molar-refractivity contribution in [2.24, 2.45) is 0 Å². The molecule has 20 heavy (non-hydrogen) atoms. The summed E-state index contributed by atoms with van der Waals surface area (Å²) >= 11 is 0. The Morgan fingerprint density at radius 1 is 0.950 bits per heavy atom. The molecule has 0 spiro atoms. The molecule has 0 fully saturated rings. The van der Waals surface area contributed by atoms with Gasteiger partial charge in [0.1, 0.15) is 0 Å². The van der Waals surface area contributed by atoms with Crippen LogP contribution in [0.1, 0.15) is 5.56 Å². The van der Waals surface area contributed by atoms with Gasteiger partial charge in [-0.2, -0.15) is 0 Å². The molecule has 3 rings (SSSR count). The molecule has 100 valence electrons. The zero-order valence-electron chi connectivity index (χ0n) is 11.5. The second kappa shape index (κ2) is 5.17. The second-order valence-corrected chi connectivity index (χ2v) is 4.66. The average Bonchev–Trinajstić information content (AvgIpc) is 2.49. The Morgan fingerprint density at radius 3 is 2.45 bits per heavy atom. The largest absolute Gasteiger partial charge is 0.388 e. The van der Waals surface area contributed by atoms with E-state index in [1.807, 2.05) is 49.6 Å². The zero-order valence-corrected chi connectivity index (χ0v) is 11.5. The standard InChI is InChI=1S/C16H16N4/c1-11-4-3-5-12-10-18-16(20-15(11)12)19-14-8-6-13(17-2)7-9-14/h3-10,17H,1-2H3,(H,18,19,20). The summed E-state index contributed by atoms with van der Waals surface area (Å²) in [7, 11) is 1.90. The van der Waals surface area contributed by atoms with Gasteiger partial charge in [0, 0.05) is 30.0 Å². The van der Waals surface area contributed by atoms with Crippen molar-refractivity contribution in [3.05, 3.63) is 54.2 Å². The lowest BCUT2D eigenvalue weighted by atomic mass is 10.1. The first-order valence-electron chi connectivity index (χ1n) is 6.53. The molecule has 0 aliphatic heterocycles. The van der Waals surface area contributed by atoms with Gasteiger partial charge in [0.2, 0.25) is 5.95 Å². The van der Waals surface area contributed by atoms with Crippen LogP contribution in [0.5, 0.6) is 0 Å². The highest BCUT2D eigenvalue weighted by Gasteiger charge is 2.02. The molecule has 0 aliphatic carbocycles. The summed E-state index contributed by atoms with van der Waals surface area (Å²) < 4.78 is 0. The topological polar surface area (TPSA) is 49.8 Å². The van der Waals surface area contributed by atoms with Gasteiger partial charge in [-0.25, -0.2) is 9.97 Å². The molecule has 0 bridgehead atoms. The Morgan fingerprint density at radius 2 is 1.70 bits per heavy atom. The first-order chi connectivity index (χ1) is 9.76. The lowest BCUT2D eigenvalue weighted by Gasteiger charge is -2.07. The van der Waals surface area contributed by atoms with E-state index in [-0.39, 0.29) is 0 Å². The van der Waals surface area contributed by atoms with Gasteiger partial charge in [-0.1, -0.05) is 18.2 Å². The monoisotopic (exact) mass is 264 g/mol. The van der Waals surface area contributed by atoms with Crippen LogP contribution in [0.15, 0.2) is 48.7 Å². The minimum atomic E-state index is 0.615. The van der Waals surface area contributed by atoms with E-state index in [9.17, 15) is 0 Å². The summed E-state index contributed by atoms with van der Waals surface area (Å²) in [4.78, 5) is 8.92. The molecule has 4 heteroatoms. The lowest BCUT2D eigenvalue weighted by Crippen LogP contribution is -1.98. The molecule has 0 unspecified atom stereocenters. The van der Waals surface area contributed by atoms with Crippen LogP contribution in [0.4, 0.5) is 17.3 Å². The number of benzene rings is 2. The molecule has 0 atom stereocenters. The number of fused-ring (bicyclic) bond motifs is 1. The highest BCUT2D eigenvalue weighted by molar-refractivity contribution is 5.82. The predicted molar refractivity (Wildman–Crippen MR) is 83.5 cm³/mol. The van der Waals surface area contributed by atoms with Crippen LogP contribution in [0.25, 0.3) is 10.9 Å². The number of hydrogen-bond donors (Lipinski definition) is 2. The summed E-state index contributed by atoms with van der Waals surface area (Å²) in [5.41, 5.74) is 4.18. The van der Waals surface area contributed by atoms with Crippen molar-refractivity contribution in [1.29, 1.82) is 0 Å². The van der Waals surface area contributed by atoms with E-state index in [0.29, 0.717) is 5.95 Å². The van der Waals surface area contributed by atoms with Crippen LogP contribution in [-0.2, 0) is 0 Å². The smallest absolute Gasteiger partial charge is 0.227 e. The molecule has 0 aliphatic rings. The number of nitrogens with zero attached hydrogens (tertiary/aromatic N) is 2. The maximum absolute atomic E-state index is 4.57. The molecule has 0 amide bonds. The van der Waals surface area contributed by atoms with Crippen molar-refractivity contribution in [3.8, 4) is 0 Å². The third kappa shape index (κ3) is 2.40. The van der Waals surface area contributed by atoms with E-state index >= 15 is 0 Å². The van der Waals surface area contributed by atoms with Crippen molar-refractivity contribution in [3.63, 3.8) is 0 Å². The van der Waals surface area contributed by atoms with Crippen LogP contribution in [0.3, 0.4) is 0 Å². The van der Waals surface area contributed by atoms with Crippen LogP contribution < -0.4 is 10.6 Å².